The van der Waals surface area contributed by atoms with Crippen molar-refractivity contribution in [3.05, 3.63) is 58.3 Å². The number of hydrazone groups is 1. The molecule has 1 N–H and O–H groups in total. The molecule has 1 aromatic carbocycles. The number of hydrogen-bond acceptors (Lipinski definition) is 6. The van der Waals surface area contributed by atoms with Gasteiger partial charge in [-0.3, -0.25) is 19.2 Å². The number of carbonyl (C=O) groups excluding carboxylic acids is 1. The molecule has 2 aromatic rings. The first kappa shape index (κ1) is 18.9. The molecule has 1 atom stereocenters. The molecule has 150 valence electrons. The van der Waals surface area contributed by atoms with E-state index < -0.39 is 12.0 Å². The summed E-state index contributed by atoms with van der Waals surface area (Å²) in [7, 11) is 0. The predicted molar refractivity (Wildman–Crippen MR) is 106 cm³/mol. The molecule has 1 amide bonds. The van der Waals surface area contributed by atoms with Gasteiger partial charge >= 0.3 is 5.97 Å². The third-order valence-electron chi connectivity index (χ3n) is 5.28. The number of hydrogen-bond donors (Lipinski definition) is 1. The number of anilines is 1. The van der Waals surface area contributed by atoms with Crippen LogP contribution in [0, 0.1) is 0 Å². The van der Waals surface area contributed by atoms with Crippen LogP contribution in [0.3, 0.4) is 0 Å². The summed E-state index contributed by atoms with van der Waals surface area (Å²) in [6.45, 7) is 3.02. The van der Waals surface area contributed by atoms with Gasteiger partial charge in [0.2, 0.25) is 0 Å². The topological polar surface area (TPSA) is 108 Å². The fourth-order valence-corrected chi connectivity index (χ4v) is 3.69. The van der Waals surface area contributed by atoms with Crippen molar-refractivity contribution in [3.8, 4) is 0 Å². The molecule has 1 aromatic heterocycles. The number of aromatic nitrogens is 2. The largest absolute Gasteiger partial charge is 0.480 e. The maximum Gasteiger partial charge on any atom is 0.328 e. The quantitative estimate of drug-likeness (QED) is 0.823. The Morgan fingerprint density at radius 1 is 1.24 bits per heavy atom. The van der Waals surface area contributed by atoms with Crippen molar-refractivity contribution in [1.82, 2.24) is 14.5 Å². The number of carboxylic acids is 1. The number of carbonyl (C=O) groups is 2. The molecule has 9 heteroatoms. The van der Waals surface area contributed by atoms with E-state index in [2.05, 4.69) is 10.1 Å². The Labute approximate surface area is 166 Å². The van der Waals surface area contributed by atoms with Crippen LogP contribution in [0.15, 0.2) is 46.6 Å². The van der Waals surface area contributed by atoms with Crippen molar-refractivity contribution in [2.24, 2.45) is 5.10 Å². The second kappa shape index (κ2) is 7.50. The normalized spacial score (nSPS) is 18.4. The molecule has 1 unspecified atom stereocenters. The lowest BCUT2D eigenvalue weighted by atomic mass is 10.0. The number of aliphatic carboxylic acids is 1. The summed E-state index contributed by atoms with van der Waals surface area (Å²) >= 11 is 0. The summed E-state index contributed by atoms with van der Waals surface area (Å²) in [5.74, 6) is -1.35. The zero-order chi connectivity index (χ0) is 20.5. The fourth-order valence-electron chi connectivity index (χ4n) is 3.69. The first-order chi connectivity index (χ1) is 14.0. The predicted octanol–water partition coefficient (Wildman–Crippen LogP) is 0.867. The maximum absolute atomic E-state index is 13.0. The summed E-state index contributed by atoms with van der Waals surface area (Å²) in [6.07, 6.45) is 1.95. The molecule has 0 aliphatic carbocycles. The first-order valence-corrected chi connectivity index (χ1v) is 9.50. The van der Waals surface area contributed by atoms with Crippen LogP contribution in [0.5, 0.6) is 0 Å². The Balaban J connectivity index is 1.58. The Hall–Kier alpha value is -3.49. The minimum atomic E-state index is -1.04. The molecule has 2 aliphatic heterocycles. The fraction of sp³-hybridized carbons (Fsp3) is 0.350. The molecule has 4 rings (SSSR count). The highest BCUT2D eigenvalue weighted by Gasteiger charge is 2.38. The van der Waals surface area contributed by atoms with E-state index in [1.165, 1.54) is 11.3 Å². The highest BCUT2D eigenvalue weighted by molar-refractivity contribution is 6.40. The van der Waals surface area contributed by atoms with Crippen molar-refractivity contribution < 1.29 is 14.7 Å². The van der Waals surface area contributed by atoms with Crippen molar-refractivity contribution >= 4 is 23.3 Å². The minimum absolute atomic E-state index is 0.0251. The number of nitrogens with zero attached hydrogens (tertiary/aromatic N) is 5. The zero-order valence-electron chi connectivity index (χ0n) is 16.0. The van der Waals surface area contributed by atoms with Crippen molar-refractivity contribution in [1.29, 1.82) is 0 Å². The number of fused-ring (bicyclic) bond motifs is 1. The zero-order valence-corrected chi connectivity index (χ0v) is 16.0. The van der Waals surface area contributed by atoms with Gasteiger partial charge in [0.05, 0.1) is 24.3 Å². The Kier molecular flexibility index (Phi) is 4.87. The molecular formula is C20H21N5O4. The molecule has 2 aliphatic rings. The lowest BCUT2D eigenvalue weighted by Gasteiger charge is -2.27. The summed E-state index contributed by atoms with van der Waals surface area (Å²) in [6, 6.07) is 8.00. The molecule has 0 saturated carbocycles. The van der Waals surface area contributed by atoms with Crippen LogP contribution in [0.2, 0.25) is 0 Å². The Bertz CT molecular complexity index is 1050. The standard InChI is InChI=1S/C20H21N5O4/c1-2-23-12-21-16-11-24(9-8-14(16)18(23)26)19(27)15-10-17(20(28)29)25(22-15)13-6-4-3-5-7-13/h3-7,12,17H,2,8-11H2,1H3,(H,28,29). The lowest BCUT2D eigenvalue weighted by Crippen LogP contribution is -2.43. The molecule has 9 nitrogen and oxygen atoms in total. The van der Waals surface area contributed by atoms with E-state index in [9.17, 15) is 19.5 Å². The van der Waals surface area contributed by atoms with Crippen LogP contribution in [0.25, 0.3) is 0 Å². The average molecular weight is 395 g/mol. The summed E-state index contributed by atoms with van der Waals surface area (Å²) in [4.78, 5) is 43.1. The van der Waals surface area contributed by atoms with E-state index in [4.69, 9.17) is 0 Å². The highest BCUT2D eigenvalue weighted by Crippen LogP contribution is 2.26. The van der Waals surface area contributed by atoms with E-state index >= 15 is 0 Å². The van der Waals surface area contributed by atoms with Crippen LogP contribution < -0.4 is 10.6 Å². The number of benzene rings is 1. The third-order valence-corrected chi connectivity index (χ3v) is 5.28. The van der Waals surface area contributed by atoms with Gasteiger partial charge < -0.3 is 10.0 Å². The SMILES string of the molecule is CCn1cnc2c(c1=O)CCN(C(=O)C1=NN(c3ccccc3)C(C(=O)O)C1)C2. The molecule has 0 spiro atoms. The summed E-state index contributed by atoms with van der Waals surface area (Å²) in [5, 5.41) is 15.3. The molecule has 0 radical (unpaired) electrons. The number of para-hydroxylation sites is 1. The molecule has 3 heterocycles. The van der Waals surface area contributed by atoms with Gasteiger partial charge in [-0.1, -0.05) is 18.2 Å². The second-order valence-corrected chi connectivity index (χ2v) is 7.02. The van der Waals surface area contributed by atoms with Gasteiger partial charge in [0.1, 0.15) is 5.71 Å². The Morgan fingerprint density at radius 3 is 2.69 bits per heavy atom. The highest BCUT2D eigenvalue weighted by atomic mass is 16.4. The van der Waals surface area contributed by atoms with Gasteiger partial charge in [0.15, 0.2) is 6.04 Å². The van der Waals surface area contributed by atoms with E-state index in [0.29, 0.717) is 36.5 Å². The van der Waals surface area contributed by atoms with E-state index in [-0.39, 0.29) is 30.1 Å². The van der Waals surface area contributed by atoms with Gasteiger partial charge in [-0.2, -0.15) is 5.10 Å². The second-order valence-electron chi connectivity index (χ2n) is 7.02. The van der Waals surface area contributed by atoms with Crippen LogP contribution in [0.4, 0.5) is 5.69 Å². The van der Waals surface area contributed by atoms with Gasteiger partial charge in [0, 0.05) is 25.1 Å². The summed E-state index contributed by atoms with van der Waals surface area (Å²) < 4.78 is 1.55. The Morgan fingerprint density at radius 2 is 2.00 bits per heavy atom. The van der Waals surface area contributed by atoms with Gasteiger partial charge in [-0.15, -0.1) is 0 Å². The molecule has 0 bridgehead atoms. The maximum atomic E-state index is 13.0. The average Bonchev–Trinajstić information content (AvgIpc) is 3.20. The number of rotatable bonds is 4. The lowest BCUT2D eigenvalue weighted by molar-refractivity contribution is -0.138. The minimum Gasteiger partial charge on any atom is -0.480 e. The molecule has 29 heavy (non-hydrogen) atoms. The monoisotopic (exact) mass is 395 g/mol. The summed E-state index contributed by atoms with van der Waals surface area (Å²) in [5.41, 5.74) is 1.98. The molecule has 0 fully saturated rings. The number of amides is 1. The van der Waals surface area contributed by atoms with Crippen molar-refractivity contribution in [3.63, 3.8) is 0 Å². The van der Waals surface area contributed by atoms with Crippen LogP contribution in [-0.4, -0.2) is 49.7 Å². The number of carboxylic acid groups (broad SMARTS) is 1. The number of aryl methyl sites for hydroxylation is 1. The third kappa shape index (κ3) is 3.39. The van der Waals surface area contributed by atoms with Crippen molar-refractivity contribution in [2.45, 2.75) is 38.9 Å². The molecule has 0 saturated heterocycles. The van der Waals surface area contributed by atoms with Crippen molar-refractivity contribution in [2.75, 3.05) is 11.6 Å². The van der Waals surface area contributed by atoms with E-state index in [1.54, 1.807) is 33.7 Å². The van der Waals surface area contributed by atoms with E-state index in [0.717, 1.165) is 0 Å². The van der Waals surface area contributed by atoms with Crippen LogP contribution in [-0.2, 0) is 29.1 Å². The smallest absolute Gasteiger partial charge is 0.328 e. The van der Waals surface area contributed by atoms with E-state index in [1.807, 2.05) is 13.0 Å². The van der Waals surface area contributed by atoms with Gasteiger partial charge in [-0.25, -0.2) is 9.78 Å². The van der Waals surface area contributed by atoms with Gasteiger partial charge in [-0.05, 0) is 25.5 Å². The molecular weight excluding hydrogens is 374 g/mol. The first-order valence-electron chi connectivity index (χ1n) is 9.50. The van der Waals surface area contributed by atoms with Crippen LogP contribution in [0.1, 0.15) is 24.6 Å². The van der Waals surface area contributed by atoms with Crippen LogP contribution >= 0.6 is 0 Å². The van der Waals surface area contributed by atoms with Gasteiger partial charge in [0.25, 0.3) is 11.5 Å².